The molecule has 1 heterocycles. The van der Waals surface area contributed by atoms with Crippen LogP contribution in [0.15, 0.2) is 18.3 Å². The van der Waals surface area contributed by atoms with Gasteiger partial charge < -0.3 is 0 Å². The lowest BCUT2D eigenvalue weighted by atomic mass is 9.96. The lowest BCUT2D eigenvalue weighted by Crippen LogP contribution is -2.25. The van der Waals surface area contributed by atoms with Gasteiger partial charge in [-0.1, -0.05) is 38.5 Å². The quantitative estimate of drug-likeness (QED) is 0.602. The number of carbonyl (C=O) groups is 1. The summed E-state index contributed by atoms with van der Waals surface area (Å²) in [5.41, 5.74) is 0. The number of hydrogen-bond donors (Lipinski definition) is 0. The van der Waals surface area contributed by atoms with Gasteiger partial charge in [0.2, 0.25) is 6.41 Å². The van der Waals surface area contributed by atoms with E-state index in [4.69, 9.17) is 0 Å². The van der Waals surface area contributed by atoms with Gasteiger partial charge in [-0.2, -0.15) is 0 Å². The number of pyridine rings is 1. The Hall–Kier alpha value is -1.45. The fraction of sp³-hybridized carbons (Fsp3) is 0.600. The van der Waals surface area contributed by atoms with E-state index in [-0.39, 0.29) is 5.82 Å². The number of aromatic nitrogens is 1. The number of anilines is 1. The maximum atomic E-state index is 12.8. The van der Waals surface area contributed by atoms with E-state index in [0.717, 1.165) is 19.0 Å². The van der Waals surface area contributed by atoms with Crippen molar-refractivity contribution in [3.05, 3.63) is 24.1 Å². The van der Waals surface area contributed by atoms with Crippen LogP contribution in [-0.4, -0.2) is 17.9 Å². The second-order valence-corrected chi connectivity index (χ2v) is 5.28. The first-order valence-corrected chi connectivity index (χ1v) is 7.13. The highest BCUT2D eigenvalue weighted by molar-refractivity contribution is 5.72. The minimum absolute atomic E-state index is 0.377. The second-order valence-electron chi connectivity index (χ2n) is 5.28. The summed E-state index contributed by atoms with van der Waals surface area (Å²) in [6, 6.07) is 2.89. The van der Waals surface area contributed by atoms with Crippen LogP contribution in [0.5, 0.6) is 0 Å². The number of nitrogens with zero attached hydrogens (tertiary/aromatic N) is 2. The third-order valence-corrected chi connectivity index (χ3v) is 3.89. The lowest BCUT2D eigenvalue weighted by Gasteiger charge is -2.20. The normalized spacial score (nSPS) is 16.9. The Labute approximate surface area is 113 Å². The van der Waals surface area contributed by atoms with Crippen molar-refractivity contribution in [2.24, 2.45) is 5.92 Å². The monoisotopic (exact) mass is 264 g/mol. The van der Waals surface area contributed by atoms with E-state index in [9.17, 15) is 9.18 Å². The van der Waals surface area contributed by atoms with Gasteiger partial charge in [0.15, 0.2) is 0 Å². The Morgan fingerprint density at radius 2 is 2.00 bits per heavy atom. The molecule has 4 heteroatoms. The first kappa shape index (κ1) is 14.0. The van der Waals surface area contributed by atoms with Crippen LogP contribution in [0.3, 0.4) is 0 Å². The minimum Gasteiger partial charge on any atom is -0.299 e. The molecule has 0 bridgehead atoms. The molecule has 0 unspecified atom stereocenters. The first-order valence-electron chi connectivity index (χ1n) is 7.13. The van der Waals surface area contributed by atoms with E-state index in [0.29, 0.717) is 18.3 Å². The van der Waals surface area contributed by atoms with Crippen LogP contribution in [0.4, 0.5) is 10.2 Å². The molecule has 1 aromatic rings. The van der Waals surface area contributed by atoms with Crippen molar-refractivity contribution in [1.29, 1.82) is 0 Å². The minimum atomic E-state index is -0.377. The molecular weight excluding hydrogens is 243 g/mol. The molecule has 1 aliphatic carbocycles. The maximum Gasteiger partial charge on any atom is 0.215 e. The molecule has 1 aromatic heterocycles. The van der Waals surface area contributed by atoms with Crippen molar-refractivity contribution in [3.8, 4) is 0 Å². The van der Waals surface area contributed by atoms with Gasteiger partial charge in [-0.25, -0.2) is 9.37 Å². The topological polar surface area (TPSA) is 33.2 Å². The predicted octanol–water partition coefficient (Wildman–Crippen LogP) is 3.54. The maximum absolute atomic E-state index is 12.8. The summed E-state index contributed by atoms with van der Waals surface area (Å²) in [5.74, 6) is 0.869. The molecule has 1 aliphatic rings. The van der Waals surface area contributed by atoms with Crippen molar-refractivity contribution in [1.82, 2.24) is 4.98 Å². The molecule has 0 radical (unpaired) electrons. The van der Waals surface area contributed by atoms with Gasteiger partial charge >= 0.3 is 0 Å². The van der Waals surface area contributed by atoms with Crippen LogP contribution >= 0.6 is 0 Å². The SMILES string of the molecule is O=CN(CCC1CCCCCC1)c1ccc(F)cn1. The Balaban J connectivity index is 1.88. The molecule has 0 atom stereocenters. The summed E-state index contributed by atoms with van der Waals surface area (Å²) < 4.78 is 12.8. The molecule has 0 saturated heterocycles. The Bertz CT molecular complexity index is 386. The van der Waals surface area contributed by atoms with Crippen LogP contribution in [0, 0.1) is 11.7 Å². The molecule has 3 nitrogen and oxygen atoms in total. The average Bonchev–Trinajstić information content (AvgIpc) is 2.70. The highest BCUT2D eigenvalue weighted by atomic mass is 19.1. The zero-order valence-corrected chi connectivity index (χ0v) is 11.2. The van der Waals surface area contributed by atoms with E-state index >= 15 is 0 Å². The van der Waals surface area contributed by atoms with Gasteiger partial charge in [0.05, 0.1) is 6.20 Å². The molecule has 19 heavy (non-hydrogen) atoms. The van der Waals surface area contributed by atoms with Crippen molar-refractivity contribution in [2.75, 3.05) is 11.4 Å². The van der Waals surface area contributed by atoms with Gasteiger partial charge in [-0.3, -0.25) is 9.69 Å². The lowest BCUT2D eigenvalue weighted by molar-refractivity contribution is -0.107. The molecule has 104 valence electrons. The molecule has 1 fully saturated rings. The molecular formula is C15H21FN2O. The van der Waals surface area contributed by atoms with Crippen molar-refractivity contribution >= 4 is 12.2 Å². The van der Waals surface area contributed by atoms with Crippen molar-refractivity contribution in [3.63, 3.8) is 0 Å². The van der Waals surface area contributed by atoms with Crippen LogP contribution < -0.4 is 4.90 Å². The standard InChI is InChI=1S/C15H21FN2O/c16-14-7-8-15(17-11-14)18(12-19)10-9-13-5-3-1-2-4-6-13/h7-8,11-13H,1-6,9-10H2. The molecule has 0 spiro atoms. The summed E-state index contributed by atoms with van der Waals surface area (Å²) in [6.07, 6.45) is 10.8. The molecule has 1 saturated carbocycles. The number of hydrogen-bond acceptors (Lipinski definition) is 2. The Morgan fingerprint density at radius 3 is 2.58 bits per heavy atom. The van der Waals surface area contributed by atoms with Crippen LogP contribution in [0.25, 0.3) is 0 Å². The molecule has 0 aliphatic heterocycles. The van der Waals surface area contributed by atoms with Gasteiger partial charge in [-0.05, 0) is 24.5 Å². The molecule has 1 amide bonds. The van der Waals surface area contributed by atoms with E-state index in [2.05, 4.69) is 4.98 Å². The first-order chi connectivity index (χ1) is 9.29. The van der Waals surface area contributed by atoms with E-state index in [1.165, 1.54) is 44.6 Å². The van der Waals surface area contributed by atoms with Crippen molar-refractivity contribution in [2.45, 2.75) is 44.9 Å². The largest absolute Gasteiger partial charge is 0.299 e. The Kier molecular flexibility index (Phi) is 5.31. The fourth-order valence-electron chi connectivity index (χ4n) is 2.73. The fourth-order valence-corrected chi connectivity index (χ4v) is 2.73. The smallest absolute Gasteiger partial charge is 0.215 e. The van der Waals surface area contributed by atoms with Gasteiger partial charge in [0.25, 0.3) is 0 Å². The van der Waals surface area contributed by atoms with Gasteiger partial charge in [-0.15, -0.1) is 0 Å². The summed E-state index contributed by atoms with van der Waals surface area (Å²) in [5, 5.41) is 0. The van der Waals surface area contributed by atoms with E-state index in [1.54, 1.807) is 11.0 Å². The van der Waals surface area contributed by atoms with E-state index in [1.807, 2.05) is 0 Å². The van der Waals surface area contributed by atoms with Crippen molar-refractivity contribution < 1.29 is 9.18 Å². The number of carbonyl (C=O) groups excluding carboxylic acids is 1. The average molecular weight is 264 g/mol. The summed E-state index contributed by atoms with van der Waals surface area (Å²) in [4.78, 5) is 16.6. The Morgan fingerprint density at radius 1 is 1.26 bits per heavy atom. The van der Waals surface area contributed by atoms with Crippen LogP contribution in [0.1, 0.15) is 44.9 Å². The molecule has 0 N–H and O–H groups in total. The number of rotatable bonds is 5. The van der Waals surface area contributed by atoms with Crippen LogP contribution in [-0.2, 0) is 4.79 Å². The molecule has 0 aromatic carbocycles. The van der Waals surface area contributed by atoms with Gasteiger partial charge in [0, 0.05) is 6.54 Å². The van der Waals surface area contributed by atoms with Gasteiger partial charge in [0.1, 0.15) is 11.6 Å². The summed E-state index contributed by atoms with van der Waals surface area (Å²) in [7, 11) is 0. The summed E-state index contributed by atoms with van der Waals surface area (Å²) in [6.45, 7) is 0.673. The zero-order valence-electron chi connectivity index (χ0n) is 11.2. The number of halogens is 1. The summed E-state index contributed by atoms with van der Waals surface area (Å²) >= 11 is 0. The highest BCUT2D eigenvalue weighted by Gasteiger charge is 2.14. The third-order valence-electron chi connectivity index (χ3n) is 3.89. The van der Waals surface area contributed by atoms with E-state index < -0.39 is 0 Å². The van der Waals surface area contributed by atoms with Crippen LogP contribution in [0.2, 0.25) is 0 Å². The second kappa shape index (κ2) is 7.22. The predicted molar refractivity (Wildman–Crippen MR) is 73.4 cm³/mol. The number of amides is 1. The highest BCUT2D eigenvalue weighted by Crippen LogP contribution is 2.25. The zero-order chi connectivity index (χ0) is 13.5. The third kappa shape index (κ3) is 4.30. The molecule has 2 rings (SSSR count).